The topological polar surface area (TPSA) is 12.5 Å². The summed E-state index contributed by atoms with van der Waals surface area (Å²) in [5.41, 5.74) is 14.2. The van der Waals surface area contributed by atoms with Gasteiger partial charge in [-0.2, -0.15) is 0 Å². The Morgan fingerprint density at radius 3 is 1.85 bits per heavy atom. The fraction of sp³-hybridized carbons (Fsp3) is 0.182. The van der Waals surface area contributed by atoms with E-state index in [0.717, 1.165) is 17.2 Å². The summed E-state index contributed by atoms with van der Waals surface area (Å²) in [5.74, 6) is 1.86. The van der Waals surface area contributed by atoms with E-state index < -0.39 is 5.41 Å². The number of hydrogen-bond acceptors (Lipinski definition) is 2. The molecule has 1 atom stereocenters. The fourth-order valence-corrected chi connectivity index (χ4v) is 8.08. The third-order valence-electron chi connectivity index (χ3n) is 10.7. The highest BCUT2D eigenvalue weighted by molar-refractivity contribution is 5.92. The normalized spacial score (nSPS) is 18.1. The lowest BCUT2D eigenvalue weighted by molar-refractivity contribution is 0.429. The number of nitrogens with zero attached hydrogens (tertiary/aromatic N) is 1. The van der Waals surface area contributed by atoms with Crippen LogP contribution in [0, 0.1) is 0 Å². The van der Waals surface area contributed by atoms with Gasteiger partial charge >= 0.3 is 0 Å². The highest BCUT2D eigenvalue weighted by Crippen LogP contribution is 2.64. The monoisotopic (exact) mass is 595 g/mol. The minimum atomic E-state index is -0.543. The molecule has 1 unspecified atom stereocenters. The molecule has 0 aromatic heterocycles. The first-order valence-electron chi connectivity index (χ1n) is 16.4. The van der Waals surface area contributed by atoms with Crippen molar-refractivity contribution < 1.29 is 4.74 Å². The Kier molecular flexibility index (Phi) is 5.47. The van der Waals surface area contributed by atoms with Crippen molar-refractivity contribution in [3.05, 3.63) is 172 Å². The summed E-state index contributed by atoms with van der Waals surface area (Å²) >= 11 is 0. The lowest BCUT2D eigenvalue weighted by Crippen LogP contribution is -2.41. The molecular weight excluding hydrogens is 558 g/mol. The zero-order valence-electron chi connectivity index (χ0n) is 27.1. The summed E-state index contributed by atoms with van der Waals surface area (Å²) in [4.78, 5) is 2.47. The van der Waals surface area contributed by atoms with Crippen LogP contribution in [0.5, 0.6) is 11.5 Å². The Labute approximate surface area is 271 Å². The van der Waals surface area contributed by atoms with Crippen LogP contribution in [0.15, 0.2) is 133 Å². The van der Waals surface area contributed by atoms with Crippen molar-refractivity contribution in [3.8, 4) is 22.6 Å². The molecule has 224 valence electrons. The number of fused-ring (bicyclic) bond motifs is 4. The van der Waals surface area contributed by atoms with Gasteiger partial charge in [-0.3, -0.25) is 0 Å². The molecule has 0 radical (unpaired) electrons. The summed E-state index contributed by atoms with van der Waals surface area (Å²) < 4.78 is 6.80. The molecule has 0 saturated carbocycles. The maximum absolute atomic E-state index is 6.80. The first kappa shape index (κ1) is 27.2. The zero-order chi connectivity index (χ0) is 31.4. The molecule has 2 heteroatoms. The van der Waals surface area contributed by atoms with Crippen molar-refractivity contribution in [1.82, 2.24) is 0 Å². The van der Waals surface area contributed by atoms with Crippen molar-refractivity contribution in [3.63, 3.8) is 0 Å². The zero-order valence-corrected chi connectivity index (χ0v) is 27.1. The fourth-order valence-electron chi connectivity index (χ4n) is 8.08. The van der Waals surface area contributed by atoms with Gasteiger partial charge < -0.3 is 9.64 Å². The number of ether oxygens (including phenoxy) is 1. The van der Waals surface area contributed by atoms with E-state index in [0.29, 0.717) is 0 Å². The predicted molar refractivity (Wildman–Crippen MR) is 189 cm³/mol. The smallest absolute Gasteiger partial charge is 0.132 e. The van der Waals surface area contributed by atoms with Gasteiger partial charge in [-0.25, -0.2) is 0 Å². The van der Waals surface area contributed by atoms with Gasteiger partial charge in [0.15, 0.2) is 0 Å². The summed E-state index contributed by atoms with van der Waals surface area (Å²) in [6, 6.07) is 49.6. The molecule has 6 aromatic carbocycles. The van der Waals surface area contributed by atoms with Crippen molar-refractivity contribution in [2.24, 2.45) is 0 Å². The largest absolute Gasteiger partial charge is 0.457 e. The van der Waals surface area contributed by atoms with Gasteiger partial charge in [0, 0.05) is 22.2 Å². The molecule has 0 amide bonds. The number of hydrogen-bond donors (Lipinski definition) is 0. The number of rotatable bonds is 2. The van der Waals surface area contributed by atoms with Crippen molar-refractivity contribution in [2.75, 3.05) is 4.90 Å². The van der Waals surface area contributed by atoms with Gasteiger partial charge in [-0.15, -0.1) is 0 Å². The maximum Gasteiger partial charge on any atom is 0.132 e. The molecule has 9 rings (SSSR count). The van der Waals surface area contributed by atoms with Crippen LogP contribution in [0.25, 0.3) is 11.1 Å². The molecule has 2 heterocycles. The van der Waals surface area contributed by atoms with Crippen molar-refractivity contribution in [1.29, 1.82) is 0 Å². The molecule has 1 aliphatic carbocycles. The Hall–Kier alpha value is -5.08. The van der Waals surface area contributed by atoms with E-state index in [1.807, 2.05) is 0 Å². The van der Waals surface area contributed by atoms with Crippen LogP contribution in [0.1, 0.15) is 73.6 Å². The Morgan fingerprint density at radius 1 is 0.522 bits per heavy atom. The van der Waals surface area contributed by atoms with Gasteiger partial charge in [-0.1, -0.05) is 120 Å². The van der Waals surface area contributed by atoms with Gasteiger partial charge in [0.2, 0.25) is 0 Å². The van der Waals surface area contributed by atoms with E-state index in [1.54, 1.807) is 0 Å². The SMILES string of the molecule is CC(C)(C)c1ccc2c(c1)C13c4cc(ccc4O2)C(C)(C)c2ccc(c1c2)N(c1ccc(-c2ccccc2)cc1)c1ccccc13. The lowest BCUT2D eigenvalue weighted by Gasteiger charge is -2.50. The van der Waals surface area contributed by atoms with E-state index in [4.69, 9.17) is 4.74 Å². The van der Waals surface area contributed by atoms with Crippen LogP contribution in [0.3, 0.4) is 0 Å². The molecular formula is C44H37NO. The quantitative estimate of drug-likeness (QED) is 0.197. The molecule has 2 nitrogen and oxygen atoms in total. The van der Waals surface area contributed by atoms with Gasteiger partial charge in [0.1, 0.15) is 11.5 Å². The molecule has 0 saturated heterocycles. The molecule has 2 aliphatic heterocycles. The molecule has 46 heavy (non-hydrogen) atoms. The summed E-state index contributed by atoms with van der Waals surface area (Å²) in [5, 5.41) is 0. The Balaban J connectivity index is 1.38. The van der Waals surface area contributed by atoms with Gasteiger partial charge in [-0.05, 0) is 92.9 Å². The lowest BCUT2D eigenvalue weighted by atomic mass is 9.58. The van der Waals surface area contributed by atoms with Crippen molar-refractivity contribution >= 4 is 17.1 Å². The highest BCUT2D eigenvalue weighted by atomic mass is 16.5. The second-order valence-corrected chi connectivity index (χ2v) is 14.6. The number of benzene rings is 6. The van der Waals surface area contributed by atoms with Crippen LogP contribution in [0.4, 0.5) is 17.1 Å². The van der Waals surface area contributed by atoms with Crippen LogP contribution < -0.4 is 9.64 Å². The third kappa shape index (κ3) is 3.59. The van der Waals surface area contributed by atoms with Crippen molar-refractivity contribution in [2.45, 2.75) is 50.9 Å². The number of anilines is 3. The highest BCUT2D eigenvalue weighted by Gasteiger charge is 2.53. The molecule has 3 aliphatic rings. The Bertz CT molecular complexity index is 2190. The number of para-hydroxylation sites is 1. The van der Waals surface area contributed by atoms with E-state index >= 15 is 0 Å². The molecule has 0 N–H and O–H groups in total. The standard InChI is InChI=1S/C44H37NO/c1-42(2,3)30-18-23-40-36(25-30)44-34-13-9-10-14-38(34)45(33-20-15-29(16-21-33)28-11-7-6-8-12-28)39-22-17-31(26-35(39)44)43(4,5)32-19-24-41(46-40)37(44)27-32/h6-27H,1-5H3. The molecule has 0 fully saturated rings. The van der Waals surface area contributed by atoms with E-state index in [1.165, 1.54) is 61.4 Å². The molecule has 1 spiro atoms. The van der Waals surface area contributed by atoms with Crippen LogP contribution >= 0.6 is 0 Å². The third-order valence-corrected chi connectivity index (χ3v) is 10.7. The summed E-state index contributed by atoms with van der Waals surface area (Å²) in [7, 11) is 0. The van der Waals surface area contributed by atoms with Crippen LogP contribution in [-0.4, -0.2) is 0 Å². The van der Waals surface area contributed by atoms with Crippen LogP contribution in [-0.2, 0) is 16.2 Å². The van der Waals surface area contributed by atoms with E-state index in [2.05, 4.69) is 173 Å². The first-order valence-corrected chi connectivity index (χ1v) is 16.4. The van der Waals surface area contributed by atoms with E-state index in [-0.39, 0.29) is 10.8 Å². The predicted octanol–water partition coefficient (Wildman–Crippen LogP) is 11.6. The molecule has 4 bridgehead atoms. The van der Waals surface area contributed by atoms with Crippen LogP contribution in [0.2, 0.25) is 0 Å². The first-order chi connectivity index (χ1) is 22.2. The molecule has 6 aromatic rings. The van der Waals surface area contributed by atoms with E-state index in [9.17, 15) is 0 Å². The Morgan fingerprint density at radius 2 is 1.11 bits per heavy atom. The second kappa shape index (κ2) is 9.23. The minimum absolute atomic E-state index is 0.0111. The second-order valence-electron chi connectivity index (χ2n) is 14.6. The minimum Gasteiger partial charge on any atom is -0.457 e. The summed E-state index contributed by atoms with van der Waals surface area (Å²) in [6.45, 7) is 11.6. The summed E-state index contributed by atoms with van der Waals surface area (Å²) in [6.07, 6.45) is 0. The average molecular weight is 596 g/mol. The maximum atomic E-state index is 6.80. The van der Waals surface area contributed by atoms with Gasteiger partial charge in [0.05, 0.1) is 16.8 Å². The average Bonchev–Trinajstić information content (AvgIpc) is 3.07. The van der Waals surface area contributed by atoms with Gasteiger partial charge in [0.25, 0.3) is 0 Å².